The Labute approximate surface area is 147 Å². The minimum Gasteiger partial charge on any atom is -0.399 e. The molecule has 1 aliphatic rings. The lowest BCUT2D eigenvalue weighted by Gasteiger charge is -2.34. The Kier molecular flexibility index (Phi) is 4.91. The molecule has 0 amide bonds. The molecule has 0 aliphatic carbocycles. The van der Waals surface area contributed by atoms with Crippen molar-refractivity contribution in [3.63, 3.8) is 0 Å². The maximum atomic E-state index is 11.7. The molecule has 1 aromatic heterocycles. The number of nitrogens with zero attached hydrogens (tertiary/aromatic N) is 3. The standard InChI is InChI=1S/C17H22N4O3S/c1-12-10-24-7-6-21(12)16-9-15(11-25(2,22)23)19-17(20-16)13-4-3-5-14(18)8-13/h3-5,8-9,12H,6-7,10-11,18H2,1-2H3/t12-/m0/s1. The summed E-state index contributed by atoms with van der Waals surface area (Å²) in [5.41, 5.74) is 7.70. The van der Waals surface area contributed by atoms with Crippen molar-refractivity contribution in [1.82, 2.24) is 9.97 Å². The van der Waals surface area contributed by atoms with Gasteiger partial charge in [-0.2, -0.15) is 0 Å². The number of anilines is 2. The Morgan fingerprint density at radius 3 is 2.80 bits per heavy atom. The van der Waals surface area contributed by atoms with Crippen molar-refractivity contribution in [2.75, 3.05) is 36.6 Å². The second-order valence-corrected chi connectivity index (χ2v) is 8.49. The van der Waals surface area contributed by atoms with Crippen LogP contribution in [-0.4, -0.2) is 50.4 Å². The number of nitrogen functional groups attached to an aromatic ring is 1. The highest BCUT2D eigenvalue weighted by molar-refractivity contribution is 7.89. The third-order valence-electron chi connectivity index (χ3n) is 3.98. The molecule has 1 aromatic carbocycles. The van der Waals surface area contributed by atoms with Gasteiger partial charge in [0.1, 0.15) is 5.82 Å². The molecule has 0 bridgehead atoms. The fraction of sp³-hybridized carbons (Fsp3) is 0.412. The summed E-state index contributed by atoms with van der Waals surface area (Å²) in [4.78, 5) is 11.2. The van der Waals surface area contributed by atoms with E-state index in [1.165, 1.54) is 6.26 Å². The molecule has 2 heterocycles. The highest BCUT2D eigenvalue weighted by atomic mass is 32.2. The molecule has 134 valence electrons. The number of nitrogens with two attached hydrogens (primary N) is 1. The molecule has 1 aliphatic heterocycles. The normalized spacial score (nSPS) is 18.3. The fourth-order valence-electron chi connectivity index (χ4n) is 2.85. The van der Waals surface area contributed by atoms with Crippen molar-refractivity contribution < 1.29 is 13.2 Å². The zero-order valence-electron chi connectivity index (χ0n) is 14.3. The van der Waals surface area contributed by atoms with Crippen LogP contribution in [0.5, 0.6) is 0 Å². The quantitative estimate of drug-likeness (QED) is 0.823. The van der Waals surface area contributed by atoms with Gasteiger partial charge >= 0.3 is 0 Å². The van der Waals surface area contributed by atoms with Crippen LogP contribution in [0.2, 0.25) is 0 Å². The van der Waals surface area contributed by atoms with E-state index in [0.717, 1.165) is 5.56 Å². The first-order valence-electron chi connectivity index (χ1n) is 8.08. The summed E-state index contributed by atoms with van der Waals surface area (Å²) in [5.74, 6) is 1.06. The second-order valence-electron chi connectivity index (χ2n) is 6.35. The van der Waals surface area contributed by atoms with Crippen LogP contribution in [0.3, 0.4) is 0 Å². The van der Waals surface area contributed by atoms with E-state index in [-0.39, 0.29) is 11.8 Å². The van der Waals surface area contributed by atoms with E-state index >= 15 is 0 Å². The van der Waals surface area contributed by atoms with Gasteiger partial charge in [-0.25, -0.2) is 18.4 Å². The van der Waals surface area contributed by atoms with Crippen molar-refractivity contribution in [2.24, 2.45) is 0 Å². The van der Waals surface area contributed by atoms with E-state index < -0.39 is 9.84 Å². The zero-order valence-corrected chi connectivity index (χ0v) is 15.2. The first-order chi connectivity index (χ1) is 11.8. The molecule has 1 saturated heterocycles. The van der Waals surface area contributed by atoms with E-state index in [4.69, 9.17) is 10.5 Å². The van der Waals surface area contributed by atoms with E-state index in [2.05, 4.69) is 21.8 Å². The first kappa shape index (κ1) is 17.6. The summed E-state index contributed by atoms with van der Waals surface area (Å²) in [7, 11) is -3.20. The number of hydrogen-bond donors (Lipinski definition) is 1. The smallest absolute Gasteiger partial charge is 0.161 e. The van der Waals surface area contributed by atoms with Crippen LogP contribution >= 0.6 is 0 Å². The van der Waals surface area contributed by atoms with Crippen LogP contribution < -0.4 is 10.6 Å². The minimum absolute atomic E-state index is 0.128. The van der Waals surface area contributed by atoms with Crippen LogP contribution in [0.4, 0.5) is 11.5 Å². The number of sulfone groups is 1. The summed E-state index contributed by atoms with van der Waals surface area (Å²) >= 11 is 0. The van der Waals surface area contributed by atoms with Crippen LogP contribution in [0.1, 0.15) is 12.6 Å². The van der Waals surface area contributed by atoms with Gasteiger partial charge in [0.25, 0.3) is 0 Å². The summed E-state index contributed by atoms with van der Waals surface area (Å²) < 4.78 is 29.0. The minimum atomic E-state index is -3.20. The maximum absolute atomic E-state index is 11.7. The SMILES string of the molecule is C[C@H]1COCCN1c1cc(CS(C)(=O)=O)nc(-c2cccc(N)c2)n1. The molecule has 0 unspecified atom stereocenters. The van der Waals surface area contributed by atoms with Crippen LogP contribution in [0.15, 0.2) is 30.3 Å². The molecule has 2 N–H and O–H groups in total. The van der Waals surface area contributed by atoms with Gasteiger partial charge in [0.05, 0.1) is 30.7 Å². The Balaban J connectivity index is 2.07. The van der Waals surface area contributed by atoms with Gasteiger partial charge in [0, 0.05) is 30.1 Å². The van der Waals surface area contributed by atoms with Gasteiger partial charge in [0.15, 0.2) is 15.7 Å². The van der Waals surface area contributed by atoms with Gasteiger partial charge < -0.3 is 15.4 Å². The molecule has 0 saturated carbocycles. The predicted molar refractivity (Wildman–Crippen MR) is 98.1 cm³/mol. The van der Waals surface area contributed by atoms with Gasteiger partial charge in [0.2, 0.25) is 0 Å². The van der Waals surface area contributed by atoms with Gasteiger partial charge in [-0.1, -0.05) is 12.1 Å². The number of ether oxygens (including phenoxy) is 1. The lowest BCUT2D eigenvalue weighted by Crippen LogP contribution is -2.44. The van der Waals surface area contributed by atoms with E-state index in [1.54, 1.807) is 18.2 Å². The number of hydrogen-bond acceptors (Lipinski definition) is 7. The molecule has 1 fully saturated rings. The van der Waals surface area contributed by atoms with E-state index in [0.29, 0.717) is 42.8 Å². The molecule has 25 heavy (non-hydrogen) atoms. The maximum Gasteiger partial charge on any atom is 0.161 e. The molecule has 8 heteroatoms. The first-order valence-corrected chi connectivity index (χ1v) is 10.1. The van der Waals surface area contributed by atoms with E-state index in [9.17, 15) is 8.42 Å². The molecular weight excluding hydrogens is 340 g/mol. The highest BCUT2D eigenvalue weighted by Gasteiger charge is 2.22. The molecule has 3 rings (SSSR count). The number of morpholine rings is 1. The van der Waals surface area contributed by atoms with Crippen molar-refractivity contribution in [3.05, 3.63) is 36.0 Å². The zero-order chi connectivity index (χ0) is 18.0. The van der Waals surface area contributed by atoms with Gasteiger partial charge in [-0.3, -0.25) is 0 Å². The summed E-state index contributed by atoms with van der Waals surface area (Å²) in [6.45, 7) is 3.98. The molecule has 2 aromatic rings. The molecule has 7 nitrogen and oxygen atoms in total. The van der Waals surface area contributed by atoms with Crippen molar-refractivity contribution in [3.8, 4) is 11.4 Å². The number of benzene rings is 1. The predicted octanol–water partition coefficient (Wildman–Crippen LogP) is 1.50. The van der Waals surface area contributed by atoms with Crippen LogP contribution in [0.25, 0.3) is 11.4 Å². The van der Waals surface area contributed by atoms with Gasteiger partial charge in [-0.15, -0.1) is 0 Å². The molecule has 0 radical (unpaired) electrons. The largest absolute Gasteiger partial charge is 0.399 e. The second kappa shape index (κ2) is 6.97. The highest BCUT2D eigenvalue weighted by Crippen LogP contribution is 2.24. The lowest BCUT2D eigenvalue weighted by molar-refractivity contribution is 0.0985. The Morgan fingerprint density at radius 1 is 1.32 bits per heavy atom. The van der Waals surface area contributed by atoms with Gasteiger partial charge in [-0.05, 0) is 19.1 Å². The summed E-state index contributed by atoms with van der Waals surface area (Å²) in [5, 5.41) is 0. The lowest BCUT2D eigenvalue weighted by atomic mass is 10.2. The third-order valence-corrected chi connectivity index (χ3v) is 4.80. The van der Waals surface area contributed by atoms with E-state index in [1.807, 2.05) is 12.1 Å². The molecular formula is C17H22N4O3S. The Bertz CT molecular complexity index is 870. The van der Waals surface area contributed by atoms with Crippen molar-refractivity contribution >= 4 is 21.3 Å². The Morgan fingerprint density at radius 2 is 2.12 bits per heavy atom. The molecule has 1 atom stereocenters. The van der Waals surface area contributed by atoms with Crippen LogP contribution in [0, 0.1) is 0 Å². The topological polar surface area (TPSA) is 98.4 Å². The summed E-state index contributed by atoms with van der Waals surface area (Å²) in [6, 6.07) is 9.17. The number of rotatable bonds is 4. The fourth-order valence-corrected chi connectivity index (χ4v) is 3.53. The average molecular weight is 362 g/mol. The summed E-state index contributed by atoms with van der Waals surface area (Å²) in [6.07, 6.45) is 1.20. The number of aromatic nitrogens is 2. The van der Waals surface area contributed by atoms with Crippen molar-refractivity contribution in [2.45, 2.75) is 18.7 Å². The third kappa shape index (κ3) is 4.46. The van der Waals surface area contributed by atoms with Crippen LogP contribution in [-0.2, 0) is 20.3 Å². The average Bonchev–Trinajstić information content (AvgIpc) is 2.53. The molecule has 0 spiro atoms. The monoisotopic (exact) mass is 362 g/mol. The van der Waals surface area contributed by atoms with Crippen molar-refractivity contribution in [1.29, 1.82) is 0 Å². The Hall–Kier alpha value is -2.19.